The number of pyridine rings is 1. The van der Waals surface area contributed by atoms with Crippen molar-refractivity contribution in [1.29, 1.82) is 5.26 Å². The number of rotatable bonds is 6. The predicted molar refractivity (Wildman–Crippen MR) is 86.1 cm³/mol. The minimum absolute atomic E-state index is 0.161. The van der Waals surface area contributed by atoms with Gasteiger partial charge in [-0.1, -0.05) is 19.1 Å². The molecule has 4 nitrogen and oxygen atoms in total. The average Bonchev–Trinajstić information content (AvgIpc) is 2.55. The van der Waals surface area contributed by atoms with Crippen LogP contribution in [0.25, 0.3) is 0 Å². The van der Waals surface area contributed by atoms with Crippen LogP contribution in [0.5, 0.6) is 0 Å². The Morgan fingerprint density at radius 1 is 1.35 bits per heavy atom. The molecule has 1 unspecified atom stereocenters. The second-order valence-electron chi connectivity index (χ2n) is 5.53. The Morgan fingerprint density at radius 2 is 2.09 bits per heavy atom. The van der Waals surface area contributed by atoms with Gasteiger partial charge in [-0.3, -0.25) is 4.79 Å². The summed E-state index contributed by atoms with van der Waals surface area (Å²) < 4.78 is 12.9. The van der Waals surface area contributed by atoms with Crippen molar-refractivity contribution in [2.45, 2.75) is 26.2 Å². The Balaban J connectivity index is 1.82. The highest BCUT2D eigenvalue weighted by Crippen LogP contribution is 2.16. The van der Waals surface area contributed by atoms with Gasteiger partial charge < -0.3 is 5.32 Å². The molecule has 0 radical (unpaired) electrons. The number of hydrogen-bond donors (Lipinski definition) is 1. The summed E-state index contributed by atoms with van der Waals surface area (Å²) in [4.78, 5) is 16.0. The number of nitrogens with zero attached hydrogens (tertiary/aromatic N) is 2. The Kier molecular flexibility index (Phi) is 5.81. The monoisotopic (exact) mass is 311 g/mol. The first kappa shape index (κ1) is 16.6. The molecule has 0 aliphatic rings. The van der Waals surface area contributed by atoms with Gasteiger partial charge in [0.05, 0.1) is 5.56 Å². The fourth-order valence-electron chi connectivity index (χ4n) is 2.29. The summed E-state index contributed by atoms with van der Waals surface area (Å²) in [5.74, 6) is 0.187. The topological polar surface area (TPSA) is 65.8 Å². The molecule has 0 saturated heterocycles. The van der Waals surface area contributed by atoms with Gasteiger partial charge in [-0.05, 0) is 48.6 Å². The van der Waals surface area contributed by atoms with E-state index in [1.54, 1.807) is 24.3 Å². The van der Waals surface area contributed by atoms with Crippen LogP contribution < -0.4 is 5.32 Å². The molecule has 1 aromatic carbocycles. The maximum absolute atomic E-state index is 12.9. The van der Waals surface area contributed by atoms with E-state index >= 15 is 0 Å². The summed E-state index contributed by atoms with van der Waals surface area (Å²) in [6, 6.07) is 11.7. The van der Waals surface area contributed by atoms with Crippen LogP contribution >= 0.6 is 0 Å². The second kappa shape index (κ2) is 8.04. The number of aromatic nitrogens is 1. The van der Waals surface area contributed by atoms with Crippen molar-refractivity contribution in [3.8, 4) is 6.07 Å². The van der Waals surface area contributed by atoms with E-state index in [0.717, 1.165) is 12.0 Å². The van der Waals surface area contributed by atoms with Crippen LogP contribution in [-0.2, 0) is 11.2 Å². The molecule has 2 rings (SSSR count). The summed E-state index contributed by atoms with van der Waals surface area (Å²) in [7, 11) is 0. The Morgan fingerprint density at radius 3 is 2.78 bits per heavy atom. The quantitative estimate of drug-likeness (QED) is 0.884. The Hall–Kier alpha value is -2.74. The summed E-state index contributed by atoms with van der Waals surface area (Å²) in [6.07, 6.45) is 3.38. The molecule has 0 bridgehead atoms. The highest BCUT2D eigenvalue weighted by Gasteiger charge is 2.10. The zero-order valence-electron chi connectivity index (χ0n) is 12.9. The molecule has 0 aliphatic carbocycles. The normalized spacial score (nSPS) is 11.5. The molecule has 5 heteroatoms. The number of halogens is 1. The fraction of sp³-hybridized carbons (Fsp3) is 0.278. The zero-order valence-corrected chi connectivity index (χ0v) is 12.9. The lowest BCUT2D eigenvalue weighted by Crippen LogP contribution is -2.15. The number of carbonyl (C=O) groups is 1. The number of carbonyl (C=O) groups excluding carboxylic acids is 1. The molecule has 23 heavy (non-hydrogen) atoms. The van der Waals surface area contributed by atoms with E-state index in [1.165, 1.54) is 18.3 Å². The predicted octanol–water partition coefficient (Wildman–Crippen LogP) is 3.69. The van der Waals surface area contributed by atoms with Gasteiger partial charge in [0.15, 0.2) is 0 Å². The first-order valence-electron chi connectivity index (χ1n) is 7.48. The summed E-state index contributed by atoms with van der Waals surface area (Å²) >= 11 is 0. The molecule has 118 valence electrons. The third-order valence-electron chi connectivity index (χ3n) is 3.55. The maximum Gasteiger partial charge on any atom is 0.225 e. The van der Waals surface area contributed by atoms with Crippen LogP contribution in [0, 0.1) is 23.1 Å². The first-order valence-corrected chi connectivity index (χ1v) is 7.48. The second-order valence-corrected chi connectivity index (χ2v) is 5.53. The van der Waals surface area contributed by atoms with Gasteiger partial charge in [0.1, 0.15) is 17.7 Å². The number of nitriles is 1. The molecule has 0 fully saturated rings. The highest BCUT2D eigenvalue weighted by atomic mass is 19.1. The molecule has 1 amide bonds. The van der Waals surface area contributed by atoms with E-state index in [-0.39, 0.29) is 11.7 Å². The largest absolute Gasteiger partial charge is 0.310 e. The number of benzene rings is 1. The highest BCUT2D eigenvalue weighted by molar-refractivity contribution is 5.90. The molecule has 0 saturated carbocycles. The van der Waals surface area contributed by atoms with Crippen LogP contribution in [0.4, 0.5) is 10.2 Å². The van der Waals surface area contributed by atoms with Crippen LogP contribution in [0.3, 0.4) is 0 Å². The lowest BCUT2D eigenvalue weighted by molar-refractivity contribution is -0.116. The molecular formula is C18H18FN3O. The molecule has 0 aliphatic heterocycles. The van der Waals surface area contributed by atoms with Gasteiger partial charge in [0.25, 0.3) is 0 Å². The van der Waals surface area contributed by atoms with Gasteiger partial charge >= 0.3 is 0 Å². The van der Waals surface area contributed by atoms with E-state index in [0.29, 0.717) is 30.1 Å². The summed E-state index contributed by atoms with van der Waals surface area (Å²) in [5, 5.41) is 11.6. The number of amides is 1. The van der Waals surface area contributed by atoms with Crippen LogP contribution in [-0.4, -0.2) is 10.9 Å². The maximum atomic E-state index is 12.9. The summed E-state index contributed by atoms with van der Waals surface area (Å²) in [6.45, 7) is 2.05. The summed E-state index contributed by atoms with van der Waals surface area (Å²) in [5.41, 5.74) is 1.40. The van der Waals surface area contributed by atoms with Crippen molar-refractivity contribution in [1.82, 2.24) is 4.98 Å². The minimum atomic E-state index is -0.246. The molecule has 0 spiro atoms. The van der Waals surface area contributed by atoms with Gasteiger partial charge in [0.2, 0.25) is 5.91 Å². The Labute approximate surface area is 135 Å². The van der Waals surface area contributed by atoms with Gasteiger partial charge in [-0.15, -0.1) is 0 Å². The van der Waals surface area contributed by atoms with Crippen molar-refractivity contribution >= 4 is 11.7 Å². The van der Waals surface area contributed by atoms with E-state index < -0.39 is 0 Å². The molecule has 2 aromatic rings. The zero-order chi connectivity index (χ0) is 16.7. The van der Waals surface area contributed by atoms with Gasteiger partial charge in [-0.2, -0.15) is 5.26 Å². The van der Waals surface area contributed by atoms with Crippen LogP contribution in [0.1, 0.15) is 30.9 Å². The minimum Gasteiger partial charge on any atom is -0.310 e. The molecular weight excluding hydrogens is 293 g/mol. The van der Waals surface area contributed by atoms with Gasteiger partial charge in [0, 0.05) is 12.6 Å². The molecule has 1 aromatic heterocycles. The van der Waals surface area contributed by atoms with E-state index in [2.05, 4.69) is 17.2 Å². The van der Waals surface area contributed by atoms with E-state index in [4.69, 9.17) is 5.26 Å². The third-order valence-corrected chi connectivity index (χ3v) is 3.55. The van der Waals surface area contributed by atoms with Crippen molar-refractivity contribution < 1.29 is 9.18 Å². The lowest BCUT2D eigenvalue weighted by atomic mass is 9.96. The Bertz CT molecular complexity index is 707. The van der Waals surface area contributed by atoms with E-state index in [1.807, 2.05) is 6.07 Å². The molecule has 1 N–H and O–H groups in total. The van der Waals surface area contributed by atoms with Crippen molar-refractivity contribution in [3.05, 3.63) is 59.5 Å². The van der Waals surface area contributed by atoms with Crippen molar-refractivity contribution in [2.24, 2.45) is 5.92 Å². The lowest BCUT2D eigenvalue weighted by Gasteiger charge is -2.11. The molecule has 1 atom stereocenters. The number of nitrogens with one attached hydrogen (secondary N) is 1. The average molecular weight is 311 g/mol. The standard InChI is InChI=1S/C18H18FN3O/c1-13(11-14-5-7-16(19)8-6-14)4-9-17(23)22-18-15(12-20)3-2-10-21-18/h2-3,5-8,10,13H,4,9,11H2,1H3,(H,21,22,23). The third kappa shape index (κ3) is 5.19. The van der Waals surface area contributed by atoms with Gasteiger partial charge in [-0.25, -0.2) is 9.37 Å². The molecule has 1 heterocycles. The first-order chi connectivity index (χ1) is 11.1. The number of anilines is 1. The SMILES string of the molecule is CC(CCC(=O)Nc1ncccc1C#N)Cc1ccc(F)cc1. The van der Waals surface area contributed by atoms with Crippen molar-refractivity contribution in [2.75, 3.05) is 5.32 Å². The van der Waals surface area contributed by atoms with E-state index in [9.17, 15) is 9.18 Å². The van der Waals surface area contributed by atoms with Crippen molar-refractivity contribution in [3.63, 3.8) is 0 Å². The smallest absolute Gasteiger partial charge is 0.225 e. The fourth-order valence-corrected chi connectivity index (χ4v) is 2.29. The number of hydrogen-bond acceptors (Lipinski definition) is 3. The van der Waals surface area contributed by atoms with Crippen LogP contribution in [0.2, 0.25) is 0 Å². The van der Waals surface area contributed by atoms with Crippen LogP contribution in [0.15, 0.2) is 42.6 Å².